The molecule has 0 aliphatic heterocycles. The summed E-state index contributed by atoms with van der Waals surface area (Å²) in [5.41, 5.74) is 2.22. The normalized spacial score (nSPS) is 12.5. The van der Waals surface area contributed by atoms with Gasteiger partial charge in [-0.15, -0.1) is 0 Å². The van der Waals surface area contributed by atoms with Crippen LogP contribution in [0.3, 0.4) is 0 Å². The number of benzene rings is 2. The molecule has 0 N–H and O–H groups in total. The molecule has 94 valence electrons. The lowest BCUT2D eigenvalue weighted by Crippen LogP contribution is -2.00. The van der Waals surface area contributed by atoms with Gasteiger partial charge >= 0.3 is 0 Å². The summed E-state index contributed by atoms with van der Waals surface area (Å²) < 4.78 is 27.9. The summed E-state index contributed by atoms with van der Waals surface area (Å²) in [5, 5.41) is 0. The molecule has 4 heteroatoms. The van der Waals surface area contributed by atoms with Crippen molar-refractivity contribution in [3.05, 3.63) is 69.2 Å². The SMILES string of the molecule is Cc1c(Br)cccc1C(Br)c1cc(F)ccc1F. The molecule has 0 bridgehead atoms. The average Bonchev–Trinajstić information content (AvgIpc) is 2.35. The molecule has 0 aliphatic rings. The van der Waals surface area contributed by atoms with Gasteiger partial charge in [-0.25, -0.2) is 8.78 Å². The summed E-state index contributed by atoms with van der Waals surface area (Å²) in [6.45, 7) is 1.94. The molecule has 18 heavy (non-hydrogen) atoms. The standard InChI is InChI=1S/C14H10Br2F2/c1-8-10(3-2-4-12(8)15)14(16)11-7-9(17)5-6-13(11)18/h2-7,14H,1H3. The fourth-order valence-electron chi connectivity index (χ4n) is 1.78. The van der Waals surface area contributed by atoms with Crippen molar-refractivity contribution in [1.29, 1.82) is 0 Å². The van der Waals surface area contributed by atoms with E-state index in [1.807, 2.05) is 25.1 Å². The Bertz CT molecular complexity index is 580. The van der Waals surface area contributed by atoms with Gasteiger partial charge in [0.25, 0.3) is 0 Å². The third kappa shape index (κ3) is 2.64. The van der Waals surface area contributed by atoms with E-state index in [1.54, 1.807) is 0 Å². The molecule has 0 aromatic heterocycles. The van der Waals surface area contributed by atoms with Crippen molar-refractivity contribution < 1.29 is 8.78 Å². The zero-order valence-corrected chi connectivity index (χ0v) is 12.7. The molecular formula is C14H10Br2F2. The molecule has 0 fully saturated rings. The minimum absolute atomic E-state index is 0.302. The quantitative estimate of drug-likeness (QED) is 0.606. The van der Waals surface area contributed by atoms with Gasteiger partial charge in [0.1, 0.15) is 11.6 Å². The van der Waals surface area contributed by atoms with Crippen molar-refractivity contribution in [2.45, 2.75) is 11.8 Å². The van der Waals surface area contributed by atoms with Crippen LogP contribution in [0.4, 0.5) is 8.78 Å². The van der Waals surface area contributed by atoms with Gasteiger partial charge in [-0.2, -0.15) is 0 Å². The fourth-order valence-corrected chi connectivity index (χ4v) is 3.00. The van der Waals surface area contributed by atoms with E-state index < -0.39 is 11.6 Å². The lowest BCUT2D eigenvalue weighted by atomic mass is 10.00. The van der Waals surface area contributed by atoms with Gasteiger partial charge in [0, 0.05) is 10.0 Å². The van der Waals surface area contributed by atoms with E-state index in [9.17, 15) is 8.78 Å². The molecule has 2 aromatic carbocycles. The average molecular weight is 376 g/mol. The number of hydrogen-bond acceptors (Lipinski definition) is 0. The second kappa shape index (κ2) is 5.49. The van der Waals surface area contributed by atoms with Crippen LogP contribution in [0.1, 0.15) is 21.5 Å². The predicted molar refractivity (Wildman–Crippen MR) is 76.0 cm³/mol. The zero-order valence-electron chi connectivity index (χ0n) is 9.55. The van der Waals surface area contributed by atoms with Crippen molar-refractivity contribution >= 4 is 31.9 Å². The van der Waals surface area contributed by atoms with Crippen LogP contribution in [0, 0.1) is 18.6 Å². The Morgan fingerprint density at radius 3 is 2.50 bits per heavy atom. The Morgan fingerprint density at radius 1 is 1.06 bits per heavy atom. The fraction of sp³-hybridized carbons (Fsp3) is 0.143. The van der Waals surface area contributed by atoms with Gasteiger partial charge in [0.2, 0.25) is 0 Å². The van der Waals surface area contributed by atoms with Crippen LogP contribution in [0.15, 0.2) is 40.9 Å². The van der Waals surface area contributed by atoms with Gasteiger partial charge in [-0.1, -0.05) is 44.0 Å². The lowest BCUT2D eigenvalue weighted by molar-refractivity contribution is 0.588. The number of hydrogen-bond donors (Lipinski definition) is 0. The van der Waals surface area contributed by atoms with Crippen molar-refractivity contribution in [2.24, 2.45) is 0 Å². The molecule has 1 atom stereocenters. The van der Waals surface area contributed by atoms with E-state index >= 15 is 0 Å². The first-order chi connectivity index (χ1) is 8.50. The summed E-state index contributed by atoms with van der Waals surface area (Å²) in [4.78, 5) is -0.370. The van der Waals surface area contributed by atoms with Gasteiger partial charge in [-0.3, -0.25) is 0 Å². The van der Waals surface area contributed by atoms with Crippen LogP contribution in [-0.2, 0) is 0 Å². The first kappa shape index (κ1) is 13.7. The molecule has 1 unspecified atom stereocenters. The molecule has 2 aromatic rings. The Kier molecular flexibility index (Phi) is 4.17. The highest BCUT2D eigenvalue weighted by atomic mass is 79.9. The third-order valence-electron chi connectivity index (χ3n) is 2.81. The zero-order chi connectivity index (χ0) is 13.3. The Morgan fingerprint density at radius 2 is 1.78 bits per heavy atom. The van der Waals surface area contributed by atoms with Crippen molar-refractivity contribution in [2.75, 3.05) is 0 Å². The Labute approximate surface area is 121 Å². The molecule has 0 aliphatic carbocycles. The second-order valence-electron chi connectivity index (χ2n) is 3.98. The minimum Gasteiger partial charge on any atom is -0.207 e. The highest BCUT2D eigenvalue weighted by Gasteiger charge is 2.18. The van der Waals surface area contributed by atoms with E-state index in [2.05, 4.69) is 31.9 Å². The van der Waals surface area contributed by atoms with Crippen LogP contribution in [-0.4, -0.2) is 0 Å². The first-order valence-electron chi connectivity index (χ1n) is 5.34. The topological polar surface area (TPSA) is 0 Å². The summed E-state index contributed by atoms with van der Waals surface area (Å²) in [7, 11) is 0. The Balaban J connectivity index is 2.51. The highest BCUT2D eigenvalue weighted by Crippen LogP contribution is 2.36. The van der Waals surface area contributed by atoms with Gasteiger partial charge in [0.05, 0.1) is 4.83 Å². The minimum atomic E-state index is -0.441. The van der Waals surface area contributed by atoms with Gasteiger partial charge < -0.3 is 0 Å². The smallest absolute Gasteiger partial charge is 0.128 e. The number of halogens is 4. The summed E-state index contributed by atoms with van der Waals surface area (Å²) in [6.07, 6.45) is 0. The molecule has 0 heterocycles. The number of rotatable bonds is 2. The Hall–Kier alpha value is -0.740. The summed E-state index contributed by atoms with van der Waals surface area (Å²) in [6, 6.07) is 9.16. The van der Waals surface area contributed by atoms with Crippen molar-refractivity contribution in [1.82, 2.24) is 0 Å². The maximum absolute atomic E-state index is 13.7. The largest absolute Gasteiger partial charge is 0.207 e. The molecule has 0 saturated carbocycles. The third-order valence-corrected chi connectivity index (χ3v) is 4.66. The molecule has 0 amide bonds. The number of alkyl halides is 1. The molecule has 0 spiro atoms. The molecule has 2 rings (SSSR count). The summed E-state index contributed by atoms with van der Waals surface area (Å²) in [5.74, 6) is -0.860. The lowest BCUT2D eigenvalue weighted by Gasteiger charge is -2.15. The molecular weight excluding hydrogens is 366 g/mol. The van der Waals surface area contributed by atoms with Crippen molar-refractivity contribution in [3.8, 4) is 0 Å². The van der Waals surface area contributed by atoms with Crippen LogP contribution >= 0.6 is 31.9 Å². The summed E-state index contributed by atoms with van der Waals surface area (Å²) >= 11 is 6.87. The van der Waals surface area contributed by atoms with Gasteiger partial charge in [0.15, 0.2) is 0 Å². The van der Waals surface area contributed by atoms with Crippen LogP contribution in [0.2, 0.25) is 0 Å². The van der Waals surface area contributed by atoms with Crippen LogP contribution in [0.25, 0.3) is 0 Å². The molecule has 0 radical (unpaired) electrons. The molecule has 0 saturated heterocycles. The van der Waals surface area contributed by atoms with Crippen molar-refractivity contribution in [3.63, 3.8) is 0 Å². The van der Waals surface area contributed by atoms with E-state index in [1.165, 1.54) is 6.07 Å². The maximum atomic E-state index is 13.7. The van der Waals surface area contributed by atoms with Crippen LogP contribution < -0.4 is 0 Å². The van der Waals surface area contributed by atoms with E-state index in [0.29, 0.717) is 5.56 Å². The van der Waals surface area contributed by atoms with E-state index in [4.69, 9.17) is 0 Å². The maximum Gasteiger partial charge on any atom is 0.128 e. The molecule has 0 nitrogen and oxygen atoms in total. The second-order valence-corrected chi connectivity index (χ2v) is 5.75. The van der Waals surface area contributed by atoms with E-state index in [0.717, 1.165) is 27.7 Å². The highest BCUT2D eigenvalue weighted by molar-refractivity contribution is 9.10. The van der Waals surface area contributed by atoms with Crippen LogP contribution in [0.5, 0.6) is 0 Å². The monoisotopic (exact) mass is 374 g/mol. The van der Waals surface area contributed by atoms with Gasteiger partial charge in [-0.05, 0) is 42.3 Å². The van der Waals surface area contributed by atoms with E-state index in [-0.39, 0.29) is 4.83 Å². The predicted octanol–water partition coefficient (Wildman–Crippen LogP) is 5.52. The first-order valence-corrected chi connectivity index (χ1v) is 7.05.